The normalized spacial score (nSPS) is 28.9. The molecule has 0 spiro atoms. The Bertz CT molecular complexity index is 590. The minimum Gasteiger partial charge on any atom is -0.494 e. The van der Waals surface area contributed by atoms with Crippen LogP contribution in [0.1, 0.15) is 71.1 Å². The van der Waals surface area contributed by atoms with E-state index in [0.717, 1.165) is 23.8 Å². The van der Waals surface area contributed by atoms with Crippen LogP contribution in [0.2, 0.25) is 6.04 Å². The second-order valence-electron chi connectivity index (χ2n) is 8.67. The van der Waals surface area contributed by atoms with Gasteiger partial charge >= 0.3 is 0 Å². The summed E-state index contributed by atoms with van der Waals surface area (Å²) >= 11 is 0. The maximum absolute atomic E-state index is 14.1. The van der Waals surface area contributed by atoms with Crippen molar-refractivity contribution in [1.82, 2.24) is 0 Å². The van der Waals surface area contributed by atoms with Gasteiger partial charge in [0.15, 0.2) is 17.4 Å². The summed E-state index contributed by atoms with van der Waals surface area (Å²) in [4.78, 5) is 0. The van der Waals surface area contributed by atoms with Gasteiger partial charge in [-0.3, -0.25) is 0 Å². The molecule has 0 unspecified atom stereocenters. The van der Waals surface area contributed by atoms with E-state index in [1.165, 1.54) is 71.3 Å². The molecule has 4 heteroatoms. The molecule has 3 rings (SSSR count). The summed E-state index contributed by atoms with van der Waals surface area (Å²) in [6, 6.07) is 4.24. The first-order chi connectivity index (χ1) is 13.1. The van der Waals surface area contributed by atoms with Gasteiger partial charge in [-0.15, -0.1) is 0 Å². The highest BCUT2D eigenvalue weighted by atomic mass is 28.2. The fraction of sp³-hybridized carbons (Fsp3) is 0.739. The van der Waals surface area contributed by atoms with Crippen molar-refractivity contribution in [3.63, 3.8) is 0 Å². The maximum Gasteiger partial charge on any atom is 0.200 e. The zero-order chi connectivity index (χ0) is 19.2. The molecule has 0 aliphatic heterocycles. The Balaban J connectivity index is 1.42. The Morgan fingerprint density at radius 1 is 0.889 bits per heavy atom. The van der Waals surface area contributed by atoms with Crippen molar-refractivity contribution in [2.24, 2.45) is 23.7 Å². The molecule has 2 aliphatic rings. The molecule has 0 atom stereocenters. The average Bonchev–Trinajstić information content (AvgIpc) is 2.70. The summed E-state index contributed by atoms with van der Waals surface area (Å²) in [5.74, 6) is 1.98. The van der Waals surface area contributed by atoms with E-state index in [1.54, 1.807) is 12.1 Å². The van der Waals surface area contributed by atoms with E-state index in [-0.39, 0.29) is 5.75 Å². The lowest BCUT2D eigenvalue weighted by atomic mass is 9.69. The highest BCUT2D eigenvalue weighted by Gasteiger charge is 2.30. The standard InChI is InChI=1S/C23H34F2OSi/c1-3-4-16-5-9-18(10-6-16)19-11-7-17(8-12-19)15-27-21-14-13-20(26-2)22(24)23(21)25/h13-14,16-19H,3-12,15H2,1-2H3. The maximum atomic E-state index is 14.1. The van der Waals surface area contributed by atoms with Crippen LogP contribution in [0.5, 0.6) is 5.75 Å². The molecule has 0 amide bonds. The highest BCUT2D eigenvalue weighted by Crippen LogP contribution is 2.42. The fourth-order valence-corrected chi connectivity index (χ4v) is 6.68. The number of benzene rings is 1. The minimum atomic E-state index is -0.843. The van der Waals surface area contributed by atoms with Crippen molar-refractivity contribution in [2.45, 2.75) is 77.2 Å². The van der Waals surface area contributed by atoms with Gasteiger partial charge in [-0.2, -0.15) is 4.39 Å². The van der Waals surface area contributed by atoms with Crippen molar-refractivity contribution in [3.8, 4) is 5.75 Å². The lowest BCUT2D eigenvalue weighted by molar-refractivity contribution is 0.147. The molecule has 0 aromatic heterocycles. The van der Waals surface area contributed by atoms with Gasteiger partial charge in [-0.25, -0.2) is 4.39 Å². The molecule has 1 aromatic rings. The molecular formula is C23H34F2OSi. The first-order valence-electron chi connectivity index (χ1n) is 10.9. The van der Waals surface area contributed by atoms with Gasteiger partial charge in [0.1, 0.15) is 0 Å². The van der Waals surface area contributed by atoms with E-state index < -0.39 is 11.6 Å². The third kappa shape index (κ3) is 5.33. The van der Waals surface area contributed by atoms with Crippen LogP contribution in [0, 0.1) is 35.3 Å². The Labute approximate surface area is 166 Å². The molecule has 0 bridgehead atoms. The van der Waals surface area contributed by atoms with Crippen molar-refractivity contribution >= 4 is 14.7 Å². The summed E-state index contributed by atoms with van der Waals surface area (Å²) in [6.07, 6.45) is 13.8. The number of hydrogen-bond acceptors (Lipinski definition) is 1. The van der Waals surface area contributed by atoms with E-state index in [2.05, 4.69) is 6.92 Å². The SMILES string of the molecule is CCCC1CCC(C2CCC(C[Si]c3ccc(OC)c(F)c3F)CC2)CC1. The number of methoxy groups -OCH3 is 1. The van der Waals surface area contributed by atoms with Crippen LogP contribution in [-0.4, -0.2) is 16.6 Å². The average molecular weight is 393 g/mol. The zero-order valence-corrected chi connectivity index (χ0v) is 17.9. The topological polar surface area (TPSA) is 9.23 Å². The largest absolute Gasteiger partial charge is 0.494 e. The quantitative estimate of drug-likeness (QED) is 0.507. The molecule has 1 nitrogen and oxygen atoms in total. The molecule has 27 heavy (non-hydrogen) atoms. The van der Waals surface area contributed by atoms with E-state index >= 15 is 0 Å². The predicted molar refractivity (Wildman–Crippen MR) is 109 cm³/mol. The first-order valence-corrected chi connectivity index (χ1v) is 12.1. The summed E-state index contributed by atoms with van der Waals surface area (Å²) in [5.41, 5.74) is 0. The van der Waals surface area contributed by atoms with Gasteiger partial charge in [0.2, 0.25) is 0 Å². The third-order valence-electron chi connectivity index (χ3n) is 6.99. The smallest absolute Gasteiger partial charge is 0.200 e. The van der Waals surface area contributed by atoms with Crippen molar-refractivity contribution < 1.29 is 13.5 Å². The number of rotatable bonds is 7. The highest BCUT2D eigenvalue weighted by molar-refractivity contribution is 6.53. The molecule has 2 aliphatic carbocycles. The minimum absolute atomic E-state index is 0.00443. The summed E-state index contributed by atoms with van der Waals surface area (Å²) in [6.45, 7) is 2.31. The fourth-order valence-electron chi connectivity index (χ4n) is 5.30. The number of ether oxygens (including phenoxy) is 1. The Morgan fingerprint density at radius 2 is 1.48 bits per heavy atom. The Hall–Kier alpha value is -0.903. The lowest BCUT2D eigenvalue weighted by Crippen LogP contribution is -2.28. The second-order valence-corrected chi connectivity index (χ2v) is 9.98. The Morgan fingerprint density at radius 3 is 2.04 bits per heavy atom. The van der Waals surface area contributed by atoms with Crippen molar-refractivity contribution in [3.05, 3.63) is 23.8 Å². The first kappa shape index (κ1) is 20.8. The lowest BCUT2D eigenvalue weighted by Gasteiger charge is -2.38. The molecular weight excluding hydrogens is 358 g/mol. The molecule has 0 N–H and O–H groups in total. The molecule has 150 valence electrons. The van der Waals surface area contributed by atoms with Gasteiger partial charge in [0.05, 0.1) is 16.6 Å². The molecule has 2 radical (unpaired) electrons. The van der Waals surface area contributed by atoms with Gasteiger partial charge in [0.25, 0.3) is 0 Å². The van der Waals surface area contributed by atoms with Crippen LogP contribution < -0.4 is 9.92 Å². The van der Waals surface area contributed by atoms with Crippen LogP contribution in [0.3, 0.4) is 0 Å². The molecule has 0 saturated heterocycles. The van der Waals surface area contributed by atoms with E-state index in [0.29, 0.717) is 20.6 Å². The van der Waals surface area contributed by atoms with Crippen molar-refractivity contribution in [2.75, 3.05) is 7.11 Å². The van der Waals surface area contributed by atoms with E-state index in [9.17, 15) is 8.78 Å². The van der Waals surface area contributed by atoms with E-state index in [4.69, 9.17) is 4.74 Å². The molecule has 0 heterocycles. The van der Waals surface area contributed by atoms with Crippen LogP contribution in [0.4, 0.5) is 8.78 Å². The van der Waals surface area contributed by atoms with Crippen molar-refractivity contribution in [1.29, 1.82) is 0 Å². The molecule has 1 aromatic carbocycles. The van der Waals surface area contributed by atoms with Crippen LogP contribution in [0.15, 0.2) is 12.1 Å². The van der Waals surface area contributed by atoms with Gasteiger partial charge < -0.3 is 4.74 Å². The zero-order valence-electron chi connectivity index (χ0n) is 16.9. The van der Waals surface area contributed by atoms with Crippen LogP contribution in [-0.2, 0) is 0 Å². The predicted octanol–water partition coefficient (Wildman–Crippen LogP) is 6.13. The summed E-state index contributed by atoms with van der Waals surface area (Å²) < 4.78 is 32.9. The van der Waals surface area contributed by atoms with Gasteiger partial charge in [-0.1, -0.05) is 57.6 Å². The second kappa shape index (κ2) is 10.0. The van der Waals surface area contributed by atoms with Crippen LogP contribution >= 0.6 is 0 Å². The third-order valence-corrected chi connectivity index (χ3v) is 8.54. The van der Waals surface area contributed by atoms with Gasteiger partial charge in [0, 0.05) is 0 Å². The summed E-state index contributed by atoms with van der Waals surface area (Å²) in [7, 11) is 1.72. The number of hydrogen-bond donors (Lipinski definition) is 0. The van der Waals surface area contributed by atoms with Gasteiger partial charge in [-0.05, 0) is 60.6 Å². The van der Waals surface area contributed by atoms with E-state index in [1.807, 2.05) is 0 Å². The Kier molecular flexibility index (Phi) is 7.74. The monoisotopic (exact) mass is 392 g/mol. The molecule has 2 fully saturated rings. The van der Waals surface area contributed by atoms with Crippen LogP contribution in [0.25, 0.3) is 0 Å². The molecule has 2 saturated carbocycles. The number of halogens is 2. The summed E-state index contributed by atoms with van der Waals surface area (Å²) in [5, 5.41) is 0.518.